The van der Waals surface area contributed by atoms with Crippen LogP contribution < -0.4 is 10.1 Å². The number of aromatic nitrogens is 1. The SMILES string of the molecule is Cn1ccc2c(OC3CCN(CC4CCCCC(=O)N4)CC3)cccc21. The van der Waals surface area contributed by atoms with Crippen LogP contribution in [-0.2, 0) is 11.8 Å². The summed E-state index contributed by atoms with van der Waals surface area (Å²) in [6.07, 6.45) is 8.44. The van der Waals surface area contributed by atoms with Gasteiger partial charge in [-0.3, -0.25) is 4.79 Å². The van der Waals surface area contributed by atoms with Crippen molar-refractivity contribution in [1.29, 1.82) is 0 Å². The van der Waals surface area contributed by atoms with Gasteiger partial charge in [-0.1, -0.05) is 12.5 Å². The molecule has 1 aromatic carbocycles. The van der Waals surface area contributed by atoms with Crippen molar-refractivity contribution in [2.24, 2.45) is 7.05 Å². The Kier molecular flexibility index (Phi) is 5.16. The lowest BCUT2D eigenvalue weighted by atomic mass is 10.1. The maximum absolute atomic E-state index is 11.7. The molecule has 2 saturated heterocycles. The zero-order chi connectivity index (χ0) is 17.9. The Morgan fingerprint density at radius 3 is 2.85 bits per heavy atom. The van der Waals surface area contributed by atoms with Gasteiger partial charge in [-0.25, -0.2) is 0 Å². The largest absolute Gasteiger partial charge is 0.490 e. The first-order valence-electron chi connectivity index (χ1n) is 9.91. The number of aryl methyl sites for hydroxylation is 1. The lowest BCUT2D eigenvalue weighted by molar-refractivity contribution is -0.121. The number of carbonyl (C=O) groups is 1. The number of benzene rings is 1. The Morgan fingerprint density at radius 2 is 2.00 bits per heavy atom. The van der Waals surface area contributed by atoms with Crippen LogP contribution in [-0.4, -0.2) is 47.2 Å². The van der Waals surface area contributed by atoms with Crippen LogP contribution in [0.3, 0.4) is 0 Å². The summed E-state index contributed by atoms with van der Waals surface area (Å²) in [5.74, 6) is 1.22. The summed E-state index contributed by atoms with van der Waals surface area (Å²) in [4.78, 5) is 14.2. The molecule has 0 bridgehead atoms. The first-order chi connectivity index (χ1) is 12.7. The Morgan fingerprint density at radius 1 is 1.15 bits per heavy atom. The van der Waals surface area contributed by atoms with Crippen LogP contribution in [0.5, 0.6) is 5.75 Å². The number of amides is 1. The van der Waals surface area contributed by atoms with E-state index in [0.29, 0.717) is 12.5 Å². The maximum Gasteiger partial charge on any atom is 0.220 e. The van der Waals surface area contributed by atoms with Crippen LogP contribution in [0.4, 0.5) is 0 Å². The number of piperidine rings is 1. The van der Waals surface area contributed by atoms with Crippen LogP contribution >= 0.6 is 0 Å². The Labute approximate surface area is 155 Å². The number of likely N-dealkylation sites (tertiary alicyclic amines) is 1. The monoisotopic (exact) mass is 355 g/mol. The second kappa shape index (κ2) is 7.70. The number of rotatable bonds is 4. The molecule has 2 aliphatic rings. The predicted octanol–water partition coefficient (Wildman–Crippen LogP) is 3.08. The van der Waals surface area contributed by atoms with Crippen molar-refractivity contribution >= 4 is 16.8 Å². The Hall–Kier alpha value is -2.01. The molecule has 0 saturated carbocycles. The molecular weight excluding hydrogens is 326 g/mol. The predicted molar refractivity (Wildman–Crippen MR) is 103 cm³/mol. The summed E-state index contributed by atoms with van der Waals surface area (Å²) in [5, 5.41) is 4.38. The molecule has 1 N–H and O–H groups in total. The summed E-state index contributed by atoms with van der Waals surface area (Å²) in [6, 6.07) is 8.73. The van der Waals surface area contributed by atoms with Crippen molar-refractivity contribution in [3.05, 3.63) is 30.5 Å². The van der Waals surface area contributed by atoms with E-state index in [1.807, 2.05) is 0 Å². The van der Waals surface area contributed by atoms with E-state index in [1.165, 1.54) is 10.9 Å². The molecule has 3 heterocycles. The second-order valence-corrected chi connectivity index (χ2v) is 7.74. The fourth-order valence-corrected chi connectivity index (χ4v) is 4.26. The average molecular weight is 355 g/mol. The van der Waals surface area contributed by atoms with Crippen molar-refractivity contribution in [3.63, 3.8) is 0 Å². The molecule has 2 aromatic rings. The molecule has 26 heavy (non-hydrogen) atoms. The van der Waals surface area contributed by atoms with Crippen LogP contribution in [0.2, 0.25) is 0 Å². The molecule has 0 aliphatic carbocycles. The second-order valence-electron chi connectivity index (χ2n) is 7.74. The third-order valence-corrected chi connectivity index (χ3v) is 5.77. The van der Waals surface area contributed by atoms with Crippen LogP contribution in [0, 0.1) is 0 Å². The highest BCUT2D eigenvalue weighted by Gasteiger charge is 2.25. The van der Waals surface area contributed by atoms with E-state index in [2.05, 4.69) is 52.3 Å². The molecule has 4 rings (SSSR count). The molecule has 5 heteroatoms. The fraction of sp³-hybridized carbons (Fsp3) is 0.571. The van der Waals surface area contributed by atoms with Crippen LogP contribution in [0.15, 0.2) is 30.5 Å². The van der Waals surface area contributed by atoms with Gasteiger partial charge in [0, 0.05) is 50.7 Å². The number of fused-ring (bicyclic) bond motifs is 1. The van der Waals surface area contributed by atoms with Gasteiger partial charge in [0.2, 0.25) is 5.91 Å². The highest BCUT2D eigenvalue weighted by molar-refractivity contribution is 5.86. The zero-order valence-corrected chi connectivity index (χ0v) is 15.6. The topological polar surface area (TPSA) is 46.5 Å². The summed E-state index contributed by atoms with van der Waals surface area (Å²) < 4.78 is 8.48. The zero-order valence-electron chi connectivity index (χ0n) is 15.6. The summed E-state index contributed by atoms with van der Waals surface area (Å²) in [5.41, 5.74) is 1.21. The number of hydrogen-bond donors (Lipinski definition) is 1. The molecule has 1 aromatic heterocycles. The number of ether oxygens (including phenoxy) is 1. The van der Waals surface area contributed by atoms with Crippen molar-refractivity contribution in [3.8, 4) is 5.75 Å². The van der Waals surface area contributed by atoms with Crippen molar-refractivity contribution in [2.75, 3.05) is 19.6 Å². The summed E-state index contributed by atoms with van der Waals surface area (Å²) >= 11 is 0. The van der Waals surface area contributed by atoms with E-state index >= 15 is 0 Å². The molecule has 1 atom stereocenters. The van der Waals surface area contributed by atoms with E-state index in [4.69, 9.17) is 4.74 Å². The Bertz CT molecular complexity index is 762. The van der Waals surface area contributed by atoms with Crippen LogP contribution in [0.1, 0.15) is 38.5 Å². The minimum atomic E-state index is 0.224. The van der Waals surface area contributed by atoms with E-state index in [9.17, 15) is 4.79 Å². The van der Waals surface area contributed by atoms with Crippen molar-refractivity contribution < 1.29 is 9.53 Å². The lowest BCUT2D eigenvalue weighted by Gasteiger charge is -2.34. The van der Waals surface area contributed by atoms with Gasteiger partial charge in [-0.2, -0.15) is 0 Å². The molecule has 5 nitrogen and oxygen atoms in total. The molecule has 0 radical (unpaired) electrons. The molecule has 2 fully saturated rings. The van der Waals surface area contributed by atoms with E-state index in [1.54, 1.807) is 0 Å². The smallest absolute Gasteiger partial charge is 0.220 e. The van der Waals surface area contributed by atoms with Gasteiger partial charge in [0.1, 0.15) is 11.9 Å². The van der Waals surface area contributed by atoms with Crippen LogP contribution in [0.25, 0.3) is 10.9 Å². The number of nitrogens with one attached hydrogen (secondary N) is 1. The van der Waals surface area contributed by atoms with Crippen molar-refractivity contribution in [1.82, 2.24) is 14.8 Å². The molecule has 2 aliphatic heterocycles. The van der Waals surface area contributed by atoms with Crippen molar-refractivity contribution in [2.45, 2.75) is 50.7 Å². The minimum Gasteiger partial charge on any atom is -0.490 e. The Balaban J connectivity index is 1.31. The molecular formula is C21H29N3O2. The minimum absolute atomic E-state index is 0.224. The summed E-state index contributed by atoms with van der Waals surface area (Å²) in [6.45, 7) is 3.07. The number of carbonyl (C=O) groups excluding carboxylic acids is 1. The van der Waals surface area contributed by atoms with Gasteiger partial charge in [0.15, 0.2) is 0 Å². The molecule has 0 spiro atoms. The first kappa shape index (κ1) is 17.4. The molecule has 1 amide bonds. The average Bonchev–Trinajstić information content (AvgIpc) is 2.90. The molecule has 140 valence electrons. The number of hydrogen-bond acceptors (Lipinski definition) is 3. The van der Waals surface area contributed by atoms with Gasteiger partial charge in [0.25, 0.3) is 0 Å². The highest BCUT2D eigenvalue weighted by atomic mass is 16.5. The third kappa shape index (κ3) is 3.88. The van der Waals surface area contributed by atoms with Gasteiger partial charge in [-0.05, 0) is 43.9 Å². The highest BCUT2D eigenvalue weighted by Crippen LogP contribution is 2.28. The lowest BCUT2D eigenvalue weighted by Crippen LogP contribution is -2.46. The quantitative estimate of drug-likeness (QED) is 0.917. The van der Waals surface area contributed by atoms with Gasteiger partial charge in [-0.15, -0.1) is 0 Å². The standard InChI is InChI=1S/C21H29N3O2/c1-23-12-11-18-19(23)6-4-7-20(18)26-17-9-13-24(14-10-17)15-16-5-2-3-8-21(25)22-16/h4,6-7,11-12,16-17H,2-3,5,8-10,13-15H2,1H3,(H,22,25). The van der Waals surface area contributed by atoms with Gasteiger partial charge in [0.05, 0.1) is 5.52 Å². The van der Waals surface area contributed by atoms with Gasteiger partial charge >= 0.3 is 0 Å². The van der Waals surface area contributed by atoms with E-state index < -0.39 is 0 Å². The van der Waals surface area contributed by atoms with E-state index in [0.717, 1.165) is 57.5 Å². The van der Waals surface area contributed by atoms with E-state index in [-0.39, 0.29) is 12.0 Å². The summed E-state index contributed by atoms with van der Waals surface area (Å²) in [7, 11) is 2.07. The first-order valence-corrected chi connectivity index (χ1v) is 9.91. The molecule has 1 unspecified atom stereocenters. The normalized spacial score (nSPS) is 23.0. The maximum atomic E-state index is 11.7. The third-order valence-electron chi connectivity index (χ3n) is 5.77. The fourth-order valence-electron chi connectivity index (χ4n) is 4.26. The van der Waals surface area contributed by atoms with Gasteiger partial charge < -0.3 is 19.5 Å². The number of nitrogens with zero attached hydrogens (tertiary/aromatic N) is 2.